The van der Waals surface area contributed by atoms with Crippen LogP contribution in [0.2, 0.25) is 0 Å². The Labute approximate surface area is 118 Å². The minimum absolute atomic E-state index is 0.948. The second-order valence-corrected chi connectivity index (χ2v) is 4.77. The molecule has 3 nitrogen and oxygen atoms in total. The number of nitrogens with one attached hydrogen (secondary N) is 1. The van der Waals surface area contributed by atoms with Crippen molar-refractivity contribution in [1.82, 2.24) is 9.97 Å². The smallest absolute Gasteiger partial charge is 0.0738 e. The van der Waals surface area contributed by atoms with Gasteiger partial charge in [0.05, 0.1) is 11.2 Å². The van der Waals surface area contributed by atoms with Crippen molar-refractivity contribution in [2.45, 2.75) is 13.3 Å². The van der Waals surface area contributed by atoms with Crippen molar-refractivity contribution in [2.75, 3.05) is 11.9 Å². The summed E-state index contributed by atoms with van der Waals surface area (Å²) in [4.78, 5) is 8.93. The van der Waals surface area contributed by atoms with Crippen LogP contribution in [0, 0.1) is 0 Å². The molecule has 0 aliphatic rings. The molecule has 100 valence electrons. The van der Waals surface area contributed by atoms with E-state index in [-0.39, 0.29) is 0 Å². The quantitative estimate of drug-likeness (QED) is 0.769. The topological polar surface area (TPSA) is 37.8 Å². The molecule has 3 rings (SSSR count). The molecule has 20 heavy (non-hydrogen) atoms. The van der Waals surface area contributed by atoms with E-state index in [9.17, 15) is 0 Å². The molecule has 3 heteroatoms. The molecule has 0 radical (unpaired) electrons. The Kier molecular flexibility index (Phi) is 3.59. The molecule has 0 spiro atoms. The number of benzene rings is 1. The molecule has 0 atom stereocenters. The molecule has 0 saturated carbocycles. The SMILES string of the molecule is CCCNc1ccnc(-c2cnc3ccccc3c2)c1. The van der Waals surface area contributed by atoms with Crippen LogP contribution in [0.5, 0.6) is 0 Å². The van der Waals surface area contributed by atoms with Gasteiger partial charge in [-0.15, -0.1) is 0 Å². The average molecular weight is 263 g/mol. The summed E-state index contributed by atoms with van der Waals surface area (Å²) in [6, 6.07) is 14.3. The summed E-state index contributed by atoms with van der Waals surface area (Å²) in [5.41, 5.74) is 4.11. The molecule has 2 aromatic heterocycles. The van der Waals surface area contributed by atoms with Crippen LogP contribution in [0.15, 0.2) is 54.9 Å². The maximum absolute atomic E-state index is 4.49. The van der Waals surface area contributed by atoms with Crippen LogP contribution < -0.4 is 5.32 Å². The Bertz CT molecular complexity index is 722. The standard InChI is InChI=1S/C17H17N3/c1-2-8-18-15-7-9-19-17(11-15)14-10-13-5-3-4-6-16(13)20-12-14/h3-7,9-12H,2,8H2,1H3,(H,18,19). The lowest BCUT2D eigenvalue weighted by atomic mass is 10.1. The number of anilines is 1. The first-order valence-electron chi connectivity index (χ1n) is 6.92. The minimum Gasteiger partial charge on any atom is -0.385 e. The number of aromatic nitrogens is 2. The lowest BCUT2D eigenvalue weighted by Crippen LogP contribution is -2.00. The average Bonchev–Trinajstić information content (AvgIpc) is 2.53. The number of para-hydroxylation sites is 1. The molecule has 0 unspecified atom stereocenters. The van der Waals surface area contributed by atoms with Gasteiger partial charge >= 0.3 is 0 Å². The highest BCUT2D eigenvalue weighted by Crippen LogP contribution is 2.23. The summed E-state index contributed by atoms with van der Waals surface area (Å²) in [6.45, 7) is 3.13. The summed E-state index contributed by atoms with van der Waals surface area (Å²) < 4.78 is 0. The van der Waals surface area contributed by atoms with Crippen LogP contribution in [0.25, 0.3) is 22.2 Å². The summed E-state index contributed by atoms with van der Waals surface area (Å²) in [7, 11) is 0. The first-order valence-corrected chi connectivity index (χ1v) is 6.92. The van der Waals surface area contributed by atoms with Gasteiger partial charge in [-0.1, -0.05) is 25.1 Å². The first kappa shape index (κ1) is 12.6. The molecule has 2 heterocycles. The van der Waals surface area contributed by atoms with Crippen LogP contribution in [0.4, 0.5) is 5.69 Å². The van der Waals surface area contributed by atoms with Crippen molar-refractivity contribution in [3.63, 3.8) is 0 Å². The number of hydrogen-bond acceptors (Lipinski definition) is 3. The van der Waals surface area contributed by atoms with Gasteiger partial charge in [0.1, 0.15) is 0 Å². The van der Waals surface area contributed by atoms with E-state index in [1.807, 2.05) is 36.7 Å². The zero-order chi connectivity index (χ0) is 13.8. The molecule has 1 N–H and O–H groups in total. The number of rotatable bonds is 4. The van der Waals surface area contributed by atoms with Gasteiger partial charge in [0, 0.05) is 35.6 Å². The molecule has 0 amide bonds. The van der Waals surface area contributed by atoms with Crippen molar-refractivity contribution in [3.05, 3.63) is 54.9 Å². The maximum Gasteiger partial charge on any atom is 0.0738 e. The molecular weight excluding hydrogens is 246 g/mol. The van der Waals surface area contributed by atoms with Crippen molar-refractivity contribution in [1.29, 1.82) is 0 Å². The fraction of sp³-hybridized carbons (Fsp3) is 0.176. The fourth-order valence-corrected chi connectivity index (χ4v) is 2.18. The predicted molar refractivity (Wildman–Crippen MR) is 83.8 cm³/mol. The second-order valence-electron chi connectivity index (χ2n) is 4.77. The Hall–Kier alpha value is -2.42. The molecule has 0 aliphatic heterocycles. The zero-order valence-corrected chi connectivity index (χ0v) is 11.5. The van der Waals surface area contributed by atoms with Gasteiger partial charge in [-0.2, -0.15) is 0 Å². The van der Waals surface area contributed by atoms with Crippen LogP contribution in [0.1, 0.15) is 13.3 Å². The minimum atomic E-state index is 0.948. The normalized spacial score (nSPS) is 10.7. The lowest BCUT2D eigenvalue weighted by Gasteiger charge is -2.07. The highest BCUT2D eigenvalue weighted by molar-refractivity contribution is 5.83. The molecular formula is C17H17N3. The fourth-order valence-electron chi connectivity index (χ4n) is 2.18. The summed E-state index contributed by atoms with van der Waals surface area (Å²) in [5.74, 6) is 0. The Morgan fingerprint density at radius 1 is 1.05 bits per heavy atom. The van der Waals surface area contributed by atoms with E-state index in [4.69, 9.17) is 0 Å². The predicted octanol–water partition coefficient (Wildman–Crippen LogP) is 4.12. The van der Waals surface area contributed by atoms with Gasteiger partial charge in [-0.05, 0) is 30.7 Å². The number of nitrogens with zero attached hydrogens (tertiary/aromatic N) is 2. The van der Waals surface area contributed by atoms with Gasteiger partial charge in [0.15, 0.2) is 0 Å². The molecule has 1 aromatic carbocycles. The van der Waals surface area contributed by atoms with Gasteiger partial charge < -0.3 is 5.32 Å². The van der Waals surface area contributed by atoms with Crippen LogP contribution >= 0.6 is 0 Å². The van der Waals surface area contributed by atoms with Crippen LogP contribution in [-0.4, -0.2) is 16.5 Å². The maximum atomic E-state index is 4.49. The Balaban J connectivity index is 1.97. The van der Waals surface area contributed by atoms with E-state index in [2.05, 4.69) is 40.4 Å². The lowest BCUT2D eigenvalue weighted by molar-refractivity contribution is 0.979. The molecule has 0 aliphatic carbocycles. The van der Waals surface area contributed by atoms with E-state index >= 15 is 0 Å². The van der Waals surface area contributed by atoms with Gasteiger partial charge in [-0.25, -0.2) is 0 Å². The number of fused-ring (bicyclic) bond motifs is 1. The molecule has 0 fully saturated rings. The van der Waals surface area contributed by atoms with E-state index in [0.29, 0.717) is 0 Å². The van der Waals surface area contributed by atoms with Crippen molar-refractivity contribution >= 4 is 16.6 Å². The summed E-state index contributed by atoms with van der Waals surface area (Å²) in [6.07, 6.45) is 4.83. The summed E-state index contributed by atoms with van der Waals surface area (Å²) >= 11 is 0. The third kappa shape index (κ3) is 2.62. The highest BCUT2D eigenvalue weighted by atomic mass is 14.9. The number of pyridine rings is 2. The van der Waals surface area contributed by atoms with Crippen molar-refractivity contribution < 1.29 is 0 Å². The third-order valence-electron chi connectivity index (χ3n) is 3.23. The van der Waals surface area contributed by atoms with Crippen LogP contribution in [0.3, 0.4) is 0 Å². The van der Waals surface area contributed by atoms with E-state index < -0.39 is 0 Å². The Morgan fingerprint density at radius 3 is 2.85 bits per heavy atom. The van der Waals surface area contributed by atoms with E-state index in [1.54, 1.807) is 0 Å². The highest BCUT2D eigenvalue weighted by Gasteiger charge is 2.03. The van der Waals surface area contributed by atoms with Crippen molar-refractivity contribution in [2.24, 2.45) is 0 Å². The molecule has 3 aromatic rings. The largest absolute Gasteiger partial charge is 0.385 e. The molecule has 0 saturated heterocycles. The first-order chi connectivity index (χ1) is 9.86. The summed E-state index contributed by atoms with van der Waals surface area (Å²) in [5, 5.41) is 4.52. The number of hydrogen-bond donors (Lipinski definition) is 1. The zero-order valence-electron chi connectivity index (χ0n) is 11.5. The monoisotopic (exact) mass is 263 g/mol. The van der Waals surface area contributed by atoms with Crippen molar-refractivity contribution in [3.8, 4) is 11.3 Å². The third-order valence-corrected chi connectivity index (χ3v) is 3.23. The van der Waals surface area contributed by atoms with Gasteiger partial charge in [-0.3, -0.25) is 9.97 Å². The Morgan fingerprint density at radius 2 is 1.95 bits per heavy atom. The van der Waals surface area contributed by atoms with E-state index in [0.717, 1.165) is 40.8 Å². The van der Waals surface area contributed by atoms with Gasteiger partial charge in [0.2, 0.25) is 0 Å². The molecule has 0 bridgehead atoms. The van der Waals surface area contributed by atoms with Gasteiger partial charge in [0.25, 0.3) is 0 Å². The second kappa shape index (κ2) is 5.70. The van der Waals surface area contributed by atoms with E-state index in [1.165, 1.54) is 0 Å². The van der Waals surface area contributed by atoms with Crippen LogP contribution in [-0.2, 0) is 0 Å².